The number of hydrogen-bond donors (Lipinski definition) is 2. The van der Waals surface area contributed by atoms with Gasteiger partial charge in [0, 0.05) is 19.6 Å². The first-order valence-corrected chi connectivity index (χ1v) is 7.37. The van der Waals surface area contributed by atoms with Gasteiger partial charge in [-0.2, -0.15) is 5.26 Å². The standard InChI is InChI=1S/C14H24N4O2/c1-18(9-12-8-16-6-7-20-12)10-13(19)17-14(11-15)4-2-3-5-14/h12,16H,2-10H2,1H3,(H,17,19). The van der Waals surface area contributed by atoms with E-state index in [9.17, 15) is 10.1 Å². The summed E-state index contributed by atoms with van der Waals surface area (Å²) in [5.41, 5.74) is -0.624. The Hall–Kier alpha value is -1.16. The second-order valence-electron chi connectivity index (χ2n) is 5.84. The highest BCUT2D eigenvalue weighted by Crippen LogP contribution is 2.28. The minimum absolute atomic E-state index is 0.0697. The molecule has 2 fully saturated rings. The molecule has 0 aromatic heterocycles. The molecule has 1 saturated heterocycles. The van der Waals surface area contributed by atoms with Crippen LogP contribution in [0, 0.1) is 11.3 Å². The third-order valence-electron chi connectivity index (χ3n) is 3.98. The van der Waals surface area contributed by atoms with Crippen LogP contribution in [0.2, 0.25) is 0 Å². The summed E-state index contributed by atoms with van der Waals surface area (Å²) in [4.78, 5) is 14.0. The first kappa shape index (κ1) is 15.2. The van der Waals surface area contributed by atoms with E-state index in [1.165, 1.54) is 0 Å². The summed E-state index contributed by atoms with van der Waals surface area (Å²) in [5.74, 6) is -0.0697. The second kappa shape index (κ2) is 7.02. The van der Waals surface area contributed by atoms with Crippen LogP contribution in [0.5, 0.6) is 0 Å². The van der Waals surface area contributed by atoms with Crippen molar-refractivity contribution in [1.29, 1.82) is 5.26 Å². The fourth-order valence-electron chi connectivity index (χ4n) is 2.94. The number of likely N-dealkylation sites (N-methyl/N-ethyl adjacent to an activating group) is 1. The van der Waals surface area contributed by atoms with Crippen LogP contribution < -0.4 is 10.6 Å². The lowest BCUT2D eigenvalue weighted by atomic mass is 10.00. The smallest absolute Gasteiger partial charge is 0.235 e. The highest BCUT2D eigenvalue weighted by Gasteiger charge is 2.35. The van der Waals surface area contributed by atoms with E-state index in [0.717, 1.165) is 51.9 Å². The van der Waals surface area contributed by atoms with Gasteiger partial charge in [-0.15, -0.1) is 0 Å². The summed E-state index contributed by atoms with van der Waals surface area (Å²) in [6, 6.07) is 2.28. The van der Waals surface area contributed by atoms with Crippen LogP contribution in [-0.2, 0) is 9.53 Å². The molecule has 1 unspecified atom stereocenters. The summed E-state index contributed by atoms with van der Waals surface area (Å²) < 4.78 is 5.62. The van der Waals surface area contributed by atoms with E-state index in [2.05, 4.69) is 16.7 Å². The van der Waals surface area contributed by atoms with Crippen molar-refractivity contribution in [2.45, 2.75) is 37.3 Å². The topological polar surface area (TPSA) is 77.4 Å². The van der Waals surface area contributed by atoms with Gasteiger partial charge in [-0.1, -0.05) is 0 Å². The largest absolute Gasteiger partial charge is 0.374 e. The normalized spacial score (nSPS) is 25.4. The van der Waals surface area contributed by atoms with Crippen LogP contribution in [0.3, 0.4) is 0 Å². The van der Waals surface area contributed by atoms with E-state index in [1.807, 2.05) is 11.9 Å². The van der Waals surface area contributed by atoms with Crippen molar-refractivity contribution in [3.05, 3.63) is 0 Å². The molecule has 1 heterocycles. The number of nitrogens with zero attached hydrogens (tertiary/aromatic N) is 2. The van der Waals surface area contributed by atoms with Gasteiger partial charge in [0.15, 0.2) is 0 Å². The third-order valence-corrected chi connectivity index (χ3v) is 3.98. The van der Waals surface area contributed by atoms with Gasteiger partial charge in [0.2, 0.25) is 5.91 Å². The van der Waals surface area contributed by atoms with E-state index in [4.69, 9.17) is 4.74 Å². The molecule has 1 aliphatic carbocycles. The molecule has 1 amide bonds. The quantitative estimate of drug-likeness (QED) is 0.733. The molecule has 1 atom stereocenters. The van der Waals surface area contributed by atoms with Crippen LogP contribution in [0.25, 0.3) is 0 Å². The lowest BCUT2D eigenvalue weighted by molar-refractivity contribution is -0.123. The van der Waals surface area contributed by atoms with Crippen LogP contribution in [-0.4, -0.2) is 62.3 Å². The lowest BCUT2D eigenvalue weighted by Crippen LogP contribution is -2.50. The Morgan fingerprint density at radius 3 is 2.90 bits per heavy atom. The van der Waals surface area contributed by atoms with Crippen LogP contribution in [0.4, 0.5) is 0 Å². The van der Waals surface area contributed by atoms with Gasteiger partial charge in [0.1, 0.15) is 5.54 Å². The zero-order chi connectivity index (χ0) is 14.4. The minimum atomic E-state index is -0.624. The number of nitrogens with one attached hydrogen (secondary N) is 2. The summed E-state index contributed by atoms with van der Waals surface area (Å²) in [6.07, 6.45) is 3.72. The second-order valence-corrected chi connectivity index (χ2v) is 5.84. The van der Waals surface area contributed by atoms with Crippen molar-refractivity contribution >= 4 is 5.91 Å². The van der Waals surface area contributed by atoms with Crippen molar-refractivity contribution in [2.75, 3.05) is 39.8 Å². The van der Waals surface area contributed by atoms with Gasteiger partial charge < -0.3 is 15.4 Å². The van der Waals surface area contributed by atoms with Crippen LogP contribution >= 0.6 is 0 Å². The van der Waals surface area contributed by atoms with Gasteiger partial charge in [0.05, 0.1) is 25.3 Å². The number of morpholine rings is 1. The number of nitriles is 1. The molecule has 0 spiro atoms. The van der Waals surface area contributed by atoms with Crippen molar-refractivity contribution in [2.24, 2.45) is 0 Å². The monoisotopic (exact) mass is 280 g/mol. The van der Waals surface area contributed by atoms with E-state index in [0.29, 0.717) is 6.54 Å². The Bertz CT molecular complexity index is 368. The molecular formula is C14H24N4O2. The van der Waals surface area contributed by atoms with Gasteiger partial charge in [-0.25, -0.2) is 0 Å². The van der Waals surface area contributed by atoms with Crippen molar-refractivity contribution in [1.82, 2.24) is 15.5 Å². The fraction of sp³-hybridized carbons (Fsp3) is 0.857. The highest BCUT2D eigenvalue weighted by molar-refractivity contribution is 5.79. The maximum atomic E-state index is 12.1. The molecule has 2 N–H and O–H groups in total. The summed E-state index contributed by atoms with van der Waals surface area (Å²) in [7, 11) is 1.91. The van der Waals surface area contributed by atoms with Gasteiger partial charge >= 0.3 is 0 Å². The zero-order valence-corrected chi connectivity index (χ0v) is 12.2. The Labute approximate surface area is 120 Å². The Kier molecular flexibility index (Phi) is 5.35. The molecule has 6 nitrogen and oxygen atoms in total. The molecule has 0 aromatic carbocycles. The summed E-state index contributed by atoms with van der Waals surface area (Å²) in [5, 5.41) is 15.4. The zero-order valence-electron chi connectivity index (χ0n) is 12.2. The molecule has 2 aliphatic rings. The van der Waals surface area contributed by atoms with Crippen molar-refractivity contribution in [3.8, 4) is 6.07 Å². The van der Waals surface area contributed by atoms with Crippen LogP contribution in [0.1, 0.15) is 25.7 Å². The number of hydrogen-bond acceptors (Lipinski definition) is 5. The first-order valence-electron chi connectivity index (χ1n) is 7.37. The average molecular weight is 280 g/mol. The summed E-state index contributed by atoms with van der Waals surface area (Å²) in [6.45, 7) is 3.48. The molecule has 1 aliphatic heterocycles. The van der Waals surface area contributed by atoms with E-state index < -0.39 is 5.54 Å². The summed E-state index contributed by atoms with van der Waals surface area (Å²) >= 11 is 0. The molecular weight excluding hydrogens is 256 g/mol. The van der Waals surface area contributed by atoms with E-state index in [1.54, 1.807) is 0 Å². The molecule has 0 bridgehead atoms. The maximum Gasteiger partial charge on any atom is 0.235 e. The Balaban J connectivity index is 1.74. The van der Waals surface area contributed by atoms with E-state index in [-0.39, 0.29) is 12.0 Å². The Morgan fingerprint density at radius 2 is 2.30 bits per heavy atom. The molecule has 1 saturated carbocycles. The molecule has 20 heavy (non-hydrogen) atoms. The number of carbonyl (C=O) groups excluding carboxylic acids is 1. The van der Waals surface area contributed by atoms with Crippen molar-refractivity contribution in [3.63, 3.8) is 0 Å². The Morgan fingerprint density at radius 1 is 1.55 bits per heavy atom. The molecule has 0 radical (unpaired) electrons. The molecule has 112 valence electrons. The third kappa shape index (κ3) is 4.17. The van der Waals surface area contributed by atoms with E-state index >= 15 is 0 Å². The predicted octanol–water partition coefficient (Wildman–Crippen LogP) is -0.141. The molecule has 6 heteroatoms. The fourth-order valence-corrected chi connectivity index (χ4v) is 2.94. The van der Waals surface area contributed by atoms with Crippen LogP contribution in [0.15, 0.2) is 0 Å². The van der Waals surface area contributed by atoms with Crippen molar-refractivity contribution < 1.29 is 9.53 Å². The number of amides is 1. The maximum absolute atomic E-state index is 12.1. The van der Waals surface area contributed by atoms with Gasteiger partial charge in [0.25, 0.3) is 0 Å². The van der Waals surface area contributed by atoms with Gasteiger partial charge in [-0.3, -0.25) is 9.69 Å². The highest BCUT2D eigenvalue weighted by atomic mass is 16.5. The number of carbonyl (C=O) groups is 1. The van der Waals surface area contributed by atoms with Gasteiger partial charge in [-0.05, 0) is 32.7 Å². The predicted molar refractivity (Wildman–Crippen MR) is 75.1 cm³/mol. The average Bonchev–Trinajstić information content (AvgIpc) is 2.88. The minimum Gasteiger partial charge on any atom is -0.374 e. The molecule has 2 rings (SSSR count). The first-order chi connectivity index (χ1) is 9.63. The number of rotatable bonds is 5. The lowest BCUT2D eigenvalue weighted by Gasteiger charge is -2.28. The SMILES string of the molecule is CN(CC(=O)NC1(C#N)CCCC1)CC1CNCCO1. The number of ether oxygens (including phenoxy) is 1. The molecule has 0 aromatic rings.